The Balaban J connectivity index is 1.97. The molecule has 2 unspecified atom stereocenters. The van der Waals surface area contributed by atoms with Crippen molar-refractivity contribution in [3.05, 3.63) is 0 Å². The molecular weight excluding hydrogens is 148 g/mol. The van der Waals surface area contributed by atoms with Gasteiger partial charge in [0.15, 0.2) is 0 Å². The third-order valence-electron chi connectivity index (χ3n) is 3.49. The first kappa shape index (κ1) is 8.07. The summed E-state index contributed by atoms with van der Waals surface area (Å²) in [5, 5.41) is 8.67. The van der Waals surface area contributed by atoms with Gasteiger partial charge in [0.25, 0.3) is 0 Å². The molecule has 2 atom stereocenters. The molecule has 12 heavy (non-hydrogen) atoms. The van der Waals surface area contributed by atoms with Gasteiger partial charge in [0.1, 0.15) is 0 Å². The number of hydrogen-bond acceptors (Lipinski definition) is 2. The van der Waals surface area contributed by atoms with Crippen LogP contribution in [-0.2, 0) is 0 Å². The molecule has 66 valence electrons. The fraction of sp³-hybridized carbons (Fsp3) is 0.900. The van der Waals surface area contributed by atoms with Gasteiger partial charge in [0.2, 0.25) is 0 Å². The molecule has 0 bridgehead atoms. The number of likely N-dealkylation sites (tertiary alicyclic amines) is 1. The zero-order chi connectivity index (χ0) is 8.77. The van der Waals surface area contributed by atoms with Crippen LogP contribution in [0.2, 0.25) is 0 Å². The molecule has 0 radical (unpaired) electrons. The van der Waals surface area contributed by atoms with Crippen LogP contribution < -0.4 is 0 Å². The molecule has 0 aromatic heterocycles. The van der Waals surface area contributed by atoms with Crippen molar-refractivity contribution in [1.82, 2.24) is 4.90 Å². The minimum atomic E-state index is 0.430. The monoisotopic (exact) mass is 164 g/mol. The molecule has 0 aromatic carbocycles. The minimum Gasteiger partial charge on any atom is -0.300 e. The van der Waals surface area contributed by atoms with Crippen molar-refractivity contribution in [1.29, 1.82) is 5.26 Å². The molecule has 2 nitrogen and oxygen atoms in total. The van der Waals surface area contributed by atoms with Gasteiger partial charge in [0, 0.05) is 31.0 Å². The van der Waals surface area contributed by atoms with E-state index in [1.54, 1.807) is 0 Å². The van der Waals surface area contributed by atoms with E-state index >= 15 is 0 Å². The first-order chi connectivity index (χ1) is 5.68. The van der Waals surface area contributed by atoms with Crippen molar-refractivity contribution < 1.29 is 0 Å². The van der Waals surface area contributed by atoms with Crippen LogP contribution in [0.5, 0.6) is 0 Å². The highest BCUT2D eigenvalue weighted by Crippen LogP contribution is 2.60. The lowest BCUT2D eigenvalue weighted by Gasteiger charge is -2.23. The van der Waals surface area contributed by atoms with Gasteiger partial charge in [0.05, 0.1) is 6.07 Å². The summed E-state index contributed by atoms with van der Waals surface area (Å²) in [6.45, 7) is 6.89. The molecule has 2 heteroatoms. The molecule has 2 fully saturated rings. The second kappa shape index (κ2) is 2.47. The molecule has 0 N–H and O–H groups in total. The van der Waals surface area contributed by atoms with Gasteiger partial charge in [-0.2, -0.15) is 5.26 Å². The standard InChI is InChI=1S/C10H16N2/c1-8(2)12-6-9-5-10(9,7-12)3-4-11/h8-9H,3,5-7H2,1-2H3. The summed E-state index contributed by atoms with van der Waals surface area (Å²) in [5.41, 5.74) is 0.430. The molecule has 1 aliphatic carbocycles. The average molecular weight is 164 g/mol. The lowest BCUT2D eigenvalue weighted by molar-refractivity contribution is 0.230. The van der Waals surface area contributed by atoms with E-state index in [1.807, 2.05) is 0 Å². The molecule has 1 saturated carbocycles. The van der Waals surface area contributed by atoms with E-state index in [0.29, 0.717) is 11.5 Å². The van der Waals surface area contributed by atoms with Crippen LogP contribution in [0, 0.1) is 22.7 Å². The van der Waals surface area contributed by atoms with Gasteiger partial charge in [-0.3, -0.25) is 0 Å². The van der Waals surface area contributed by atoms with E-state index in [-0.39, 0.29) is 0 Å². The van der Waals surface area contributed by atoms with E-state index in [4.69, 9.17) is 5.26 Å². The van der Waals surface area contributed by atoms with E-state index in [0.717, 1.165) is 12.3 Å². The van der Waals surface area contributed by atoms with Crippen molar-refractivity contribution in [2.45, 2.75) is 32.7 Å². The molecule has 0 spiro atoms. The minimum absolute atomic E-state index is 0.430. The quantitative estimate of drug-likeness (QED) is 0.620. The highest BCUT2D eigenvalue weighted by Gasteiger charge is 2.59. The van der Waals surface area contributed by atoms with E-state index in [2.05, 4.69) is 24.8 Å². The predicted octanol–water partition coefficient (Wildman–Crippen LogP) is 1.63. The number of hydrogen-bond donors (Lipinski definition) is 0. The second-order valence-electron chi connectivity index (χ2n) is 4.62. The van der Waals surface area contributed by atoms with Crippen molar-refractivity contribution in [3.8, 4) is 6.07 Å². The fourth-order valence-electron chi connectivity index (χ4n) is 2.46. The zero-order valence-electron chi connectivity index (χ0n) is 7.88. The van der Waals surface area contributed by atoms with Crippen LogP contribution in [-0.4, -0.2) is 24.0 Å². The Bertz CT molecular complexity index is 228. The summed E-state index contributed by atoms with van der Waals surface area (Å²) in [4.78, 5) is 2.51. The van der Waals surface area contributed by atoms with E-state index in [9.17, 15) is 0 Å². The van der Waals surface area contributed by atoms with Crippen molar-refractivity contribution in [2.75, 3.05) is 13.1 Å². The van der Waals surface area contributed by atoms with E-state index < -0.39 is 0 Å². The SMILES string of the molecule is CC(C)N1CC2CC2(CC#N)C1. The third kappa shape index (κ3) is 1.04. The first-order valence-electron chi connectivity index (χ1n) is 4.79. The topological polar surface area (TPSA) is 27.0 Å². The van der Waals surface area contributed by atoms with Crippen LogP contribution in [0.4, 0.5) is 0 Å². The smallest absolute Gasteiger partial charge is 0.0628 e. The first-order valence-corrected chi connectivity index (χ1v) is 4.79. The van der Waals surface area contributed by atoms with Gasteiger partial charge < -0.3 is 4.90 Å². The van der Waals surface area contributed by atoms with Gasteiger partial charge >= 0.3 is 0 Å². The summed E-state index contributed by atoms with van der Waals surface area (Å²) < 4.78 is 0. The van der Waals surface area contributed by atoms with Crippen LogP contribution in [0.3, 0.4) is 0 Å². The lowest BCUT2D eigenvalue weighted by atomic mass is 10.0. The summed E-state index contributed by atoms with van der Waals surface area (Å²) in [6, 6.07) is 2.99. The maximum absolute atomic E-state index is 8.67. The molecule has 2 aliphatic rings. The molecule has 1 saturated heterocycles. The summed E-state index contributed by atoms with van der Waals surface area (Å²) in [6.07, 6.45) is 2.09. The number of nitriles is 1. The second-order valence-corrected chi connectivity index (χ2v) is 4.62. The number of nitrogens with zero attached hydrogens (tertiary/aromatic N) is 2. The third-order valence-corrected chi connectivity index (χ3v) is 3.49. The van der Waals surface area contributed by atoms with Gasteiger partial charge in [-0.1, -0.05) is 0 Å². The maximum Gasteiger partial charge on any atom is 0.0628 e. The predicted molar refractivity (Wildman–Crippen MR) is 47.5 cm³/mol. The zero-order valence-corrected chi connectivity index (χ0v) is 7.88. The highest BCUT2D eigenvalue weighted by molar-refractivity contribution is 5.13. The Labute approximate surface area is 74.2 Å². The number of rotatable bonds is 2. The average Bonchev–Trinajstić information content (AvgIpc) is 2.54. The Morgan fingerprint density at radius 3 is 2.92 bits per heavy atom. The summed E-state index contributed by atoms with van der Waals surface area (Å²) in [7, 11) is 0. The molecular formula is C10H16N2. The fourth-order valence-corrected chi connectivity index (χ4v) is 2.46. The van der Waals surface area contributed by atoms with Gasteiger partial charge in [-0.05, 0) is 26.2 Å². The maximum atomic E-state index is 8.67. The highest BCUT2D eigenvalue weighted by atomic mass is 15.2. The normalized spacial score (nSPS) is 39.7. The molecule has 2 rings (SSSR count). The van der Waals surface area contributed by atoms with Crippen LogP contribution in [0.15, 0.2) is 0 Å². The molecule has 0 amide bonds. The van der Waals surface area contributed by atoms with Crippen LogP contribution in [0.25, 0.3) is 0 Å². The lowest BCUT2D eigenvalue weighted by Crippen LogP contribution is -2.31. The Morgan fingerprint density at radius 1 is 1.67 bits per heavy atom. The van der Waals surface area contributed by atoms with Crippen LogP contribution in [0.1, 0.15) is 26.7 Å². The molecule has 0 aromatic rings. The van der Waals surface area contributed by atoms with Gasteiger partial charge in [-0.25, -0.2) is 0 Å². The summed E-state index contributed by atoms with van der Waals surface area (Å²) in [5.74, 6) is 0.847. The van der Waals surface area contributed by atoms with Gasteiger partial charge in [-0.15, -0.1) is 0 Å². The Morgan fingerprint density at radius 2 is 2.42 bits per heavy atom. The summed E-state index contributed by atoms with van der Waals surface area (Å²) >= 11 is 0. The van der Waals surface area contributed by atoms with Crippen molar-refractivity contribution >= 4 is 0 Å². The Kier molecular flexibility index (Phi) is 1.66. The largest absolute Gasteiger partial charge is 0.300 e. The molecule has 1 heterocycles. The number of piperidine rings is 1. The van der Waals surface area contributed by atoms with Crippen molar-refractivity contribution in [3.63, 3.8) is 0 Å². The van der Waals surface area contributed by atoms with Crippen LogP contribution >= 0.6 is 0 Å². The van der Waals surface area contributed by atoms with E-state index in [1.165, 1.54) is 19.5 Å². The number of fused-ring (bicyclic) bond motifs is 1. The van der Waals surface area contributed by atoms with Crippen molar-refractivity contribution in [2.24, 2.45) is 11.3 Å². The molecule has 1 aliphatic heterocycles. The Hall–Kier alpha value is -0.550.